The van der Waals surface area contributed by atoms with Gasteiger partial charge in [0.2, 0.25) is 15.9 Å². The summed E-state index contributed by atoms with van der Waals surface area (Å²) in [6.07, 6.45) is -0.0959. The lowest BCUT2D eigenvalue weighted by Gasteiger charge is -2.35. The average Bonchev–Trinajstić information content (AvgIpc) is 2.50. The highest BCUT2D eigenvalue weighted by Gasteiger charge is 2.28. The number of carbonyl (C=O) groups is 1. The van der Waals surface area contributed by atoms with Crippen LogP contribution in [0.2, 0.25) is 0 Å². The van der Waals surface area contributed by atoms with Crippen molar-refractivity contribution in [1.29, 1.82) is 0 Å². The predicted molar refractivity (Wildman–Crippen MR) is 97.2 cm³/mol. The molecule has 0 radical (unpaired) electrons. The molecule has 1 heterocycles. The van der Waals surface area contributed by atoms with E-state index < -0.39 is 10.0 Å². The van der Waals surface area contributed by atoms with Crippen LogP contribution in [0.15, 0.2) is 11.0 Å². The molecule has 0 aliphatic carbocycles. The Hall–Kier alpha value is -1.44. The standard InChI is InChI=1S/C18H28N2O4S/c1-11-7-12(2)16(6)18(15(11)5)25(22,23)19-8-17(21)20-9-13(3)24-14(4)10-20/h7,13-14,19H,8-10H2,1-6H3/t13-,14-/m1/s1. The minimum Gasteiger partial charge on any atom is -0.372 e. The van der Waals surface area contributed by atoms with Crippen LogP contribution in [0.4, 0.5) is 0 Å². The van der Waals surface area contributed by atoms with Crippen molar-refractivity contribution < 1.29 is 17.9 Å². The molecule has 25 heavy (non-hydrogen) atoms. The monoisotopic (exact) mass is 368 g/mol. The zero-order valence-corrected chi connectivity index (χ0v) is 16.7. The Kier molecular flexibility index (Phi) is 5.91. The molecule has 0 spiro atoms. The fourth-order valence-corrected chi connectivity index (χ4v) is 4.89. The lowest BCUT2D eigenvalue weighted by Crippen LogP contribution is -2.51. The number of morpholine rings is 1. The van der Waals surface area contributed by atoms with Crippen molar-refractivity contribution in [2.75, 3.05) is 19.6 Å². The van der Waals surface area contributed by atoms with Crippen LogP contribution < -0.4 is 4.72 Å². The molecule has 1 aromatic rings. The number of sulfonamides is 1. The van der Waals surface area contributed by atoms with Gasteiger partial charge in [0.25, 0.3) is 0 Å². The summed E-state index contributed by atoms with van der Waals surface area (Å²) in [6.45, 7) is 11.9. The molecule has 1 fully saturated rings. The van der Waals surface area contributed by atoms with Crippen molar-refractivity contribution in [2.24, 2.45) is 0 Å². The number of nitrogens with one attached hydrogen (secondary N) is 1. The second-order valence-corrected chi connectivity index (χ2v) is 8.67. The van der Waals surface area contributed by atoms with E-state index in [9.17, 15) is 13.2 Å². The number of hydrogen-bond donors (Lipinski definition) is 1. The molecule has 1 aliphatic rings. The second kappa shape index (κ2) is 7.43. The molecule has 7 heteroatoms. The molecule has 2 atom stereocenters. The molecule has 0 bridgehead atoms. The first-order chi connectivity index (χ1) is 11.5. The number of amides is 1. The lowest BCUT2D eigenvalue weighted by atomic mass is 10.0. The number of ether oxygens (including phenoxy) is 1. The van der Waals surface area contributed by atoms with Gasteiger partial charge in [0, 0.05) is 13.1 Å². The highest BCUT2D eigenvalue weighted by Crippen LogP contribution is 2.25. The van der Waals surface area contributed by atoms with Crippen molar-refractivity contribution in [2.45, 2.75) is 58.6 Å². The normalized spacial score (nSPS) is 21.4. The fourth-order valence-electron chi connectivity index (χ4n) is 3.31. The molecule has 0 unspecified atom stereocenters. The van der Waals surface area contributed by atoms with Gasteiger partial charge in [-0.25, -0.2) is 13.1 Å². The maximum Gasteiger partial charge on any atom is 0.241 e. The van der Waals surface area contributed by atoms with Gasteiger partial charge in [-0.3, -0.25) is 4.79 Å². The van der Waals surface area contributed by atoms with E-state index in [1.165, 1.54) is 0 Å². The van der Waals surface area contributed by atoms with E-state index in [-0.39, 0.29) is 29.6 Å². The summed E-state index contributed by atoms with van der Waals surface area (Å²) >= 11 is 0. The van der Waals surface area contributed by atoms with E-state index in [2.05, 4.69) is 4.72 Å². The van der Waals surface area contributed by atoms with Gasteiger partial charge in [0.15, 0.2) is 0 Å². The van der Waals surface area contributed by atoms with E-state index >= 15 is 0 Å². The number of hydrogen-bond acceptors (Lipinski definition) is 4. The summed E-state index contributed by atoms with van der Waals surface area (Å²) < 4.78 is 33.7. The molecular formula is C18H28N2O4S. The summed E-state index contributed by atoms with van der Waals surface area (Å²) in [5.41, 5.74) is 3.28. The number of nitrogens with zero attached hydrogens (tertiary/aromatic N) is 1. The largest absolute Gasteiger partial charge is 0.372 e. The van der Waals surface area contributed by atoms with Gasteiger partial charge >= 0.3 is 0 Å². The van der Waals surface area contributed by atoms with Gasteiger partial charge in [-0.05, 0) is 63.8 Å². The Balaban J connectivity index is 2.16. The third-order valence-electron chi connectivity index (χ3n) is 4.75. The Bertz CT molecular complexity index is 738. The first-order valence-electron chi connectivity index (χ1n) is 8.53. The molecule has 1 amide bonds. The van der Waals surface area contributed by atoms with E-state index in [4.69, 9.17) is 4.74 Å². The van der Waals surface area contributed by atoms with Gasteiger partial charge in [-0.1, -0.05) is 6.07 Å². The van der Waals surface area contributed by atoms with Crippen molar-refractivity contribution in [3.8, 4) is 0 Å². The van der Waals surface area contributed by atoms with Crippen LogP contribution in [0.25, 0.3) is 0 Å². The number of carbonyl (C=O) groups excluding carboxylic acids is 1. The van der Waals surface area contributed by atoms with Crippen LogP contribution in [0.3, 0.4) is 0 Å². The summed E-state index contributed by atoms with van der Waals surface area (Å²) in [5, 5.41) is 0. The maximum absolute atomic E-state index is 12.8. The minimum absolute atomic E-state index is 0.0479. The van der Waals surface area contributed by atoms with E-state index in [1.807, 2.05) is 33.8 Å². The van der Waals surface area contributed by atoms with Crippen molar-refractivity contribution in [3.05, 3.63) is 28.3 Å². The number of aryl methyl sites for hydroxylation is 2. The van der Waals surface area contributed by atoms with Gasteiger partial charge < -0.3 is 9.64 Å². The maximum atomic E-state index is 12.8. The highest BCUT2D eigenvalue weighted by atomic mass is 32.2. The summed E-state index contributed by atoms with van der Waals surface area (Å²) in [5.74, 6) is -0.231. The predicted octanol–water partition coefficient (Wildman–Crippen LogP) is 1.83. The Morgan fingerprint density at radius 3 is 2.08 bits per heavy atom. The van der Waals surface area contributed by atoms with Gasteiger partial charge in [0.05, 0.1) is 23.6 Å². The Labute approximate surface area is 150 Å². The zero-order chi connectivity index (χ0) is 18.9. The third-order valence-corrected chi connectivity index (χ3v) is 6.43. The smallest absolute Gasteiger partial charge is 0.241 e. The highest BCUT2D eigenvalue weighted by molar-refractivity contribution is 7.89. The van der Waals surface area contributed by atoms with E-state index in [0.29, 0.717) is 13.1 Å². The summed E-state index contributed by atoms with van der Waals surface area (Å²) in [4.78, 5) is 14.3. The number of rotatable bonds is 4. The third kappa shape index (κ3) is 4.40. The van der Waals surface area contributed by atoms with Crippen LogP contribution in [0, 0.1) is 27.7 Å². The first kappa shape index (κ1) is 19.9. The molecule has 1 aromatic carbocycles. The molecule has 0 aromatic heterocycles. The molecule has 6 nitrogen and oxygen atoms in total. The Morgan fingerprint density at radius 1 is 1.12 bits per heavy atom. The molecular weight excluding hydrogens is 340 g/mol. The van der Waals surface area contributed by atoms with Crippen LogP contribution in [0.1, 0.15) is 36.1 Å². The van der Waals surface area contributed by atoms with Gasteiger partial charge in [-0.15, -0.1) is 0 Å². The second-order valence-electron chi connectivity index (χ2n) is 6.97. The Morgan fingerprint density at radius 2 is 1.60 bits per heavy atom. The first-order valence-corrected chi connectivity index (χ1v) is 10.0. The summed E-state index contributed by atoms with van der Waals surface area (Å²) in [6, 6.07) is 1.98. The molecule has 1 saturated heterocycles. The van der Waals surface area contributed by atoms with E-state index in [0.717, 1.165) is 22.3 Å². The van der Waals surface area contributed by atoms with E-state index in [1.54, 1.807) is 18.7 Å². The fraction of sp³-hybridized carbons (Fsp3) is 0.611. The van der Waals surface area contributed by atoms with Crippen LogP contribution in [-0.2, 0) is 19.6 Å². The quantitative estimate of drug-likeness (QED) is 0.880. The SMILES string of the molecule is Cc1cc(C)c(C)c(S(=O)(=O)NCC(=O)N2C[C@@H](C)O[C@H](C)C2)c1C. The van der Waals surface area contributed by atoms with Crippen molar-refractivity contribution in [1.82, 2.24) is 9.62 Å². The lowest BCUT2D eigenvalue weighted by molar-refractivity contribution is -0.141. The van der Waals surface area contributed by atoms with Crippen molar-refractivity contribution >= 4 is 15.9 Å². The molecule has 1 aliphatic heterocycles. The molecule has 2 rings (SSSR count). The summed E-state index contributed by atoms with van der Waals surface area (Å²) in [7, 11) is -3.76. The minimum atomic E-state index is -3.76. The zero-order valence-electron chi connectivity index (χ0n) is 15.8. The molecule has 1 N–H and O–H groups in total. The van der Waals surface area contributed by atoms with Crippen LogP contribution >= 0.6 is 0 Å². The van der Waals surface area contributed by atoms with Gasteiger partial charge in [0.1, 0.15) is 0 Å². The molecule has 140 valence electrons. The molecule has 0 saturated carbocycles. The van der Waals surface area contributed by atoms with Crippen molar-refractivity contribution in [3.63, 3.8) is 0 Å². The average molecular weight is 368 g/mol. The van der Waals surface area contributed by atoms with Gasteiger partial charge in [-0.2, -0.15) is 0 Å². The van der Waals surface area contributed by atoms with Crippen LogP contribution in [0.5, 0.6) is 0 Å². The topological polar surface area (TPSA) is 75.7 Å². The van der Waals surface area contributed by atoms with Crippen LogP contribution in [-0.4, -0.2) is 51.1 Å². The number of benzene rings is 1.